The smallest absolute Gasteiger partial charge is 0.230 e. The Labute approximate surface area is 183 Å². The van der Waals surface area contributed by atoms with E-state index in [9.17, 15) is 0 Å². The maximum absolute atomic E-state index is 6.05. The van der Waals surface area contributed by atoms with Gasteiger partial charge in [-0.15, -0.1) is 0 Å². The Bertz CT molecular complexity index is 819. The highest BCUT2D eigenvalue weighted by molar-refractivity contribution is 6.07. The molecule has 2 saturated heterocycles. The van der Waals surface area contributed by atoms with E-state index in [-0.39, 0.29) is 6.10 Å². The van der Waals surface area contributed by atoms with Crippen molar-refractivity contribution in [2.45, 2.75) is 39.7 Å². The minimum absolute atomic E-state index is 0.0471. The van der Waals surface area contributed by atoms with Crippen molar-refractivity contribution in [1.29, 1.82) is 0 Å². The number of aromatic nitrogens is 3. The van der Waals surface area contributed by atoms with Gasteiger partial charge in [0.05, 0.1) is 32.5 Å². The van der Waals surface area contributed by atoms with Crippen LogP contribution in [-0.2, 0) is 14.2 Å². The van der Waals surface area contributed by atoms with Gasteiger partial charge < -0.3 is 24.0 Å². The molecule has 1 aromatic rings. The summed E-state index contributed by atoms with van der Waals surface area (Å²) >= 11 is 0. The summed E-state index contributed by atoms with van der Waals surface area (Å²) in [7, 11) is 0. The summed E-state index contributed by atoms with van der Waals surface area (Å²) < 4.78 is 17.1. The maximum Gasteiger partial charge on any atom is 0.230 e. The van der Waals surface area contributed by atoms with Crippen LogP contribution in [-0.4, -0.2) is 79.4 Å². The van der Waals surface area contributed by atoms with Crippen molar-refractivity contribution in [1.82, 2.24) is 15.0 Å². The highest BCUT2D eigenvalue weighted by atomic mass is 16.5. The zero-order valence-electron chi connectivity index (χ0n) is 18.7. The van der Waals surface area contributed by atoms with Crippen LogP contribution >= 0.6 is 0 Å². The van der Waals surface area contributed by atoms with Crippen LogP contribution in [0.4, 0.5) is 11.9 Å². The van der Waals surface area contributed by atoms with Gasteiger partial charge in [0.25, 0.3) is 0 Å². The average Bonchev–Trinajstić information content (AvgIpc) is 3.01. The summed E-state index contributed by atoms with van der Waals surface area (Å²) in [5.74, 6) is 2.58. The number of allylic oxidation sites excluding steroid dienone is 3. The van der Waals surface area contributed by atoms with Gasteiger partial charge in [0.15, 0.2) is 5.82 Å². The standard InChI is InChI=1S/C22H32N6O3/c1-4-17-6-5-7-18(23-20(17)31-16(2)3)19-24-21(27-8-12-29-13-9-27)26-22(25-19)28-10-14-30-15-11-28/h5,7,16H,4,6,8-15H2,1-3H3. The SMILES string of the molecule is CCC1=C(OC(C)C)N=C(c2nc(N3CCOCC3)nc(N3CCOCC3)n2)C=CC1. The van der Waals surface area contributed by atoms with Crippen LogP contribution in [0.5, 0.6) is 0 Å². The van der Waals surface area contributed by atoms with E-state index in [4.69, 9.17) is 34.2 Å². The molecule has 4 heterocycles. The lowest BCUT2D eigenvalue weighted by atomic mass is 10.1. The third-order valence-corrected chi connectivity index (χ3v) is 5.37. The largest absolute Gasteiger partial charge is 0.475 e. The topological polar surface area (TPSA) is 85.2 Å². The van der Waals surface area contributed by atoms with Crippen molar-refractivity contribution >= 4 is 17.6 Å². The van der Waals surface area contributed by atoms with E-state index >= 15 is 0 Å². The van der Waals surface area contributed by atoms with E-state index < -0.39 is 0 Å². The van der Waals surface area contributed by atoms with Crippen LogP contribution in [0, 0.1) is 0 Å². The average molecular weight is 429 g/mol. The summed E-state index contributed by atoms with van der Waals surface area (Å²) in [6.07, 6.45) is 5.85. The van der Waals surface area contributed by atoms with E-state index in [0.29, 0.717) is 55.7 Å². The summed E-state index contributed by atoms with van der Waals surface area (Å²) in [5, 5.41) is 0. The van der Waals surface area contributed by atoms with Crippen LogP contribution in [0.3, 0.4) is 0 Å². The Kier molecular flexibility index (Phi) is 7.14. The summed E-state index contributed by atoms with van der Waals surface area (Å²) in [6, 6.07) is 0. The Hall–Kier alpha value is -2.52. The molecule has 0 unspecified atom stereocenters. The fourth-order valence-electron chi connectivity index (χ4n) is 3.66. The van der Waals surface area contributed by atoms with Crippen molar-refractivity contribution < 1.29 is 14.2 Å². The number of anilines is 2. The molecular formula is C22H32N6O3. The van der Waals surface area contributed by atoms with Crippen molar-refractivity contribution in [2.24, 2.45) is 4.99 Å². The van der Waals surface area contributed by atoms with E-state index in [1.807, 2.05) is 19.9 Å². The number of morpholine rings is 2. The summed E-state index contributed by atoms with van der Waals surface area (Å²) in [4.78, 5) is 23.6. The molecule has 168 valence electrons. The molecule has 0 aromatic carbocycles. The van der Waals surface area contributed by atoms with Gasteiger partial charge in [0.2, 0.25) is 17.8 Å². The predicted octanol–water partition coefficient (Wildman–Crippen LogP) is 2.34. The zero-order valence-corrected chi connectivity index (χ0v) is 18.7. The first kappa shape index (κ1) is 21.7. The Morgan fingerprint density at radius 3 is 2.03 bits per heavy atom. The van der Waals surface area contributed by atoms with Gasteiger partial charge in [-0.05, 0) is 38.3 Å². The molecule has 3 aliphatic heterocycles. The lowest BCUT2D eigenvalue weighted by molar-refractivity contribution is 0.121. The normalized spacial score (nSPS) is 20.2. The molecule has 1 aromatic heterocycles. The molecule has 0 radical (unpaired) electrons. The van der Waals surface area contributed by atoms with Gasteiger partial charge in [-0.25, -0.2) is 4.99 Å². The fraction of sp³-hybridized carbons (Fsp3) is 0.636. The molecule has 4 rings (SSSR count). The van der Waals surface area contributed by atoms with Gasteiger partial charge in [-0.1, -0.05) is 13.0 Å². The van der Waals surface area contributed by atoms with Gasteiger partial charge in [-0.3, -0.25) is 0 Å². The maximum atomic E-state index is 6.05. The highest BCUT2D eigenvalue weighted by Crippen LogP contribution is 2.23. The molecule has 0 aliphatic carbocycles. The second-order valence-electron chi connectivity index (χ2n) is 7.99. The Balaban J connectivity index is 1.74. The van der Waals surface area contributed by atoms with Crippen LogP contribution in [0.2, 0.25) is 0 Å². The highest BCUT2D eigenvalue weighted by Gasteiger charge is 2.23. The molecule has 0 spiro atoms. The van der Waals surface area contributed by atoms with Gasteiger partial charge in [-0.2, -0.15) is 15.0 Å². The quantitative estimate of drug-likeness (QED) is 0.683. The number of aliphatic imine (C=N–C) groups is 1. The molecule has 9 nitrogen and oxygen atoms in total. The van der Waals surface area contributed by atoms with Crippen molar-refractivity contribution in [3.8, 4) is 0 Å². The van der Waals surface area contributed by atoms with Crippen LogP contribution < -0.4 is 9.80 Å². The van der Waals surface area contributed by atoms with Crippen molar-refractivity contribution in [3.63, 3.8) is 0 Å². The number of ether oxygens (including phenoxy) is 3. The molecule has 3 aliphatic rings. The van der Waals surface area contributed by atoms with E-state index in [1.54, 1.807) is 0 Å². The molecule has 0 amide bonds. The van der Waals surface area contributed by atoms with Gasteiger partial charge in [0.1, 0.15) is 5.71 Å². The van der Waals surface area contributed by atoms with Crippen LogP contribution in [0.1, 0.15) is 39.4 Å². The molecule has 31 heavy (non-hydrogen) atoms. The molecular weight excluding hydrogens is 396 g/mol. The lowest BCUT2D eigenvalue weighted by Crippen LogP contribution is -2.40. The van der Waals surface area contributed by atoms with Crippen molar-refractivity contribution in [3.05, 3.63) is 29.4 Å². The van der Waals surface area contributed by atoms with E-state index in [0.717, 1.165) is 39.0 Å². The summed E-state index contributed by atoms with van der Waals surface area (Å²) in [6.45, 7) is 11.9. The molecule has 0 bridgehead atoms. The number of hydrogen-bond acceptors (Lipinski definition) is 9. The van der Waals surface area contributed by atoms with Crippen LogP contribution in [0.25, 0.3) is 0 Å². The minimum atomic E-state index is 0.0471. The summed E-state index contributed by atoms with van der Waals surface area (Å²) in [5.41, 5.74) is 1.88. The third-order valence-electron chi connectivity index (χ3n) is 5.37. The lowest BCUT2D eigenvalue weighted by Gasteiger charge is -2.30. The first-order valence-electron chi connectivity index (χ1n) is 11.2. The van der Waals surface area contributed by atoms with E-state index in [2.05, 4.69) is 22.8 Å². The minimum Gasteiger partial charge on any atom is -0.475 e. The Morgan fingerprint density at radius 1 is 0.935 bits per heavy atom. The Morgan fingerprint density at radius 2 is 1.52 bits per heavy atom. The van der Waals surface area contributed by atoms with Gasteiger partial charge in [0, 0.05) is 26.2 Å². The van der Waals surface area contributed by atoms with Gasteiger partial charge >= 0.3 is 0 Å². The number of nitrogens with zero attached hydrogens (tertiary/aromatic N) is 6. The monoisotopic (exact) mass is 428 g/mol. The second kappa shape index (κ2) is 10.2. The first-order chi connectivity index (χ1) is 15.1. The molecule has 9 heteroatoms. The fourth-order valence-corrected chi connectivity index (χ4v) is 3.66. The number of rotatable bonds is 6. The van der Waals surface area contributed by atoms with Crippen LogP contribution in [0.15, 0.2) is 28.6 Å². The third kappa shape index (κ3) is 5.40. The molecule has 2 fully saturated rings. The predicted molar refractivity (Wildman–Crippen MR) is 120 cm³/mol. The van der Waals surface area contributed by atoms with Crippen molar-refractivity contribution in [2.75, 3.05) is 62.4 Å². The molecule has 0 saturated carbocycles. The van der Waals surface area contributed by atoms with E-state index in [1.165, 1.54) is 5.57 Å². The zero-order chi connectivity index (χ0) is 21.6. The number of hydrogen-bond donors (Lipinski definition) is 0. The second-order valence-corrected chi connectivity index (χ2v) is 7.99. The first-order valence-corrected chi connectivity index (χ1v) is 11.2. The molecule has 0 atom stereocenters. The molecule has 0 N–H and O–H groups in total.